The van der Waals surface area contributed by atoms with E-state index in [2.05, 4.69) is 5.32 Å². The fraction of sp³-hybridized carbons (Fsp3) is 0.0667. The predicted molar refractivity (Wildman–Crippen MR) is 70.5 cm³/mol. The van der Waals surface area contributed by atoms with Crippen molar-refractivity contribution in [3.05, 3.63) is 65.2 Å². The molecule has 0 fully saturated rings. The van der Waals surface area contributed by atoms with E-state index in [1.807, 2.05) is 0 Å². The van der Waals surface area contributed by atoms with Crippen molar-refractivity contribution in [1.82, 2.24) is 0 Å². The third-order valence-corrected chi connectivity index (χ3v) is 2.67. The van der Waals surface area contributed by atoms with E-state index in [0.29, 0.717) is 0 Å². The summed E-state index contributed by atoms with van der Waals surface area (Å²) in [7, 11) is 0. The van der Waals surface area contributed by atoms with Crippen LogP contribution in [0.25, 0.3) is 0 Å². The normalized spacial score (nSPS) is 10.2. The van der Waals surface area contributed by atoms with Crippen molar-refractivity contribution in [1.29, 1.82) is 0 Å². The molecule has 0 aliphatic rings. The van der Waals surface area contributed by atoms with E-state index in [0.717, 1.165) is 12.1 Å². The molecule has 0 aliphatic carbocycles. The van der Waals surface area contributed by atoms with Gasteiger partial charge in [0, 0.05) is 12.5 Å². The molecule has 2 rings (SSSR count). The molecule has 0 aliphatic heterocycles. The minimum absolute atomic E-state index is 0.0340. The van der Waals surface area contributed by atoms with Gasteiger partial charge in [0.1, 0.15) is 11.6 Å². The van der Waals surface area contributed by atoms with Gasteiger partial charge in [-0.25, -0.2) is 8.78 Å². The number of hydrogen-bond donors (Lipinski definition) is 1. The first-order chi connectivity index (χ1) is 9.50. The zero-order chi connectivity index (χ0) is 14.7. The number of anilines is 1. The number of nitrogens with one attached hydrogen (secondary N) is 1. The van der Waals surface area contributed by atoms with Crippen LogP contribution < -0.4 is 5.32 Å². The van der Waals surface area contributed by atoms with Gasteiger partial charge < -0.3 is 5.32 Å². The number of ketones is 1. The van der Waals surface area contributed by atoms with Crippen molar-refractivity contribution < 1.29 is 18.4 Å². The van der Waals surface area contributed by atoms with Crippen LogP contribution in [0.5, 0.6) is 0 Å². The Morgan fingerprint density at radius 1 is 0.950 bits per heavy atom. The molecule has 0 atom stereocenters. The number of benzene rings is 2. The highest BCUT2D eigenvalue weighted by Gasteiger charge is 2.21. The first-order valence-electron chi connectivity index (χ1n) is 5.86. The Bertz CT molecular complexity index is 663. The SMILES string of the molecule is CC(=O)Nc1ccccc1C(=O)c1c(F)cccc1F. The second-order valence-corrected chi connectivity index (χ2v) is 4.15. The summed E-state index contributed by atoms with van der Waals surface area (Å²) in [6.45, 7) is 1.28. The van der Waals surface area contributed by atoms with Gasteiger partial charge in [-0.05, 0) is 24.3 Å². The van der Waals surface area contributed by atoms with Crippen LogP contribution in [0, 0.1) is 11.6 Å². The largest absolute Gasteiger partial charge is 0.326 e. The zero-order valence-corrected chi connectivity index (χ0v) is 10.6. The maximum atomic E-state index is 13.6. The molecule has 5 heteroatoms. The Balaban J connectivity index is 2.51. The van der Waals surface area contributed by atoms with Crippen LogP contribution in [0.3, 0.4) is 0 Å². The van der Waals surface area contributed by atoms with E-state index in [4.69, 9.17) is 0 Å². The Hall–Kier alpha value is -2.56. The first-order valence-corrected chi connectivity index (χ1v) is 5.86. The van der Waals surface area contributed by atoms with E-state index in [9.17, 15) is 18.4 Å². The third kappa shape index (κ3) is 2.71. The summed E-state index contributed by atoms with van der Waals surface area (Å²) in [5.74, 6) is -3.07. The molecule has 0 heterocycles. The highest BCUT2D eigenvalue weighted by Crippen LogP contribution is 2.22. The molecule has 0 saturated carbocycles. The van der Waals surface area contributed by atoms with E-state index in [1.165, 1.54) is 25.1 Å². The van der Waals surface area contributed by atoms with Crippen LogP contribution in [0.2, 0.25) is 0 Å². The van der Waals surface area contributed by atoms with Crippen molar-refractivity contribution in [2.45, 2.75) is 6.92 Å². The summed E-state index contributed by atoms with van der Waals surface area (Å²) in [6.07, 6.45) is 0. The summed E-state index contributed by atoms with van der Waals surface area (Å²) < 4.78 is 27.3. The van der Waals surface area contributed by atoms with E-state index in [1.54, 1.807) is 12.1 Å². The minimum Gasteiger partial charge on any atom is -0.326 e. The number of carbonyl (C=O) groups excluding carboxylic acids is 2. The molecule has 102 valence electrons. The molecule has 0 bridgehead atoms. The molecule has 0 saturated heterocycles. The molecular weight excluding hydrogens is 264 g/mol. The van der Waals surface area contributed by atoms with Gasteiger partial charge in [0.05, 0.1) is 11.3 Å². The number of amides is 1. The van der Waals surface area contributed by atoms with Crippen LogP contribution in [0.15, 0.2) is 42.5 Å². The van der Waals surface area contributed by atoms with Gasteiger partial charge in [0.15, 0.2) is 0 Å². The Morgan fingerprint density at radius 2 is 1.55 bits per heavy atom. The minimum atomic E-state index is -0.937. The second-order valence-electron chi connectivity index (χ2n) is 4.15. The third-order valence-electron chi connectivity index (χ3n) is 2.67. The molecule has 3 nitrogen and oxygen atoms in total. The van der Waals surface area contributed by atoms with Crippen LogP contribution in [-0.4, -0.2) is 11.7 Å². The topological polar surface area (TPSA) is 46.2 Å². The zero-order valence-electron chi connectivity index (χ0n) is 10.6. The van der Waals surface area contributed by atoms with Crippen molar-refractivity contribution in [3.63, 3.8) is 0 Å². The average molecular weight is 275 g/mol. The number of para-hydroxylation sites is 1. The van der Waals surface area contributed by atoms with Crippen molar-refractivity contribution in [3.8, 4) is 0 Å². The average Bonchev–Trinajstić information content (AvgIpc) is 2.38. The van der Waals surface area contributed by atoms with Gasteiger partial charge in [0.2, 0.25) is 11.7 Å². The van der Waals surface area contributed by atoms with Gasteiger partial charge in [-0.1, -0.05) is 18.2 Å². The lowest BCUT2D eigenvalue weighted by Crippen LogP contribution is -2.13. The van der Waals surface area contributed by atoms with Gasteiger partial charge in [0.25, 0.3) is 0 Å². The molecule has 0 spiro atoms. The fourth-order valence-corrected chi connectivity index (χ4v) is 1.83. The van der Waals surface area contributed by atoms with Crippen LogP contribution >= 0.6 is 0 Å². The van der Waals surface area contributed by atoms with E-state index < -0.39 is 23.0 Å². The van der Waals surface area contributed by atoms with Gasteiger partial charge in [-0.15, -0.1) is 0 Å². The molecule has 0 unspecified atom stereocenters. The summed E-state index contributed by atoms with van der Waals surface area (Å²) in [5, 5.41) is 2.46. The van der Waals surface area contributed by atoms with Gasteiger partial charge in [-0.3, -0.25) is 9.59 Å². The lowest BCUT2D eigenvalue weighted by molar-refractivity contribution is -0.114. The standard InChI is InChI=1S/C15H11F2NO2/c1-9(19)18-13-8-3-2-5-10(13)15(20)14-11(16)6-4-7-12(14)17/h2-8H,1H3,(H,18,19). The van der Waals surface area contributed by atoms with Gasteiger partial charge >= 0.3 is 0 Å². The number of rotatable bonds is 3. The lowest BCUT2D eigenvalue weighted by atomic mass is 10.0. The monoisotopic (exact) mass is 275 g/mol. The van der Waals surface area contributed by atoms with Crippen LogP contribution in [0.1, 0.15) is 22.8 Å². The molecule has 0 radical (unpaired) electrons. The molecule has 2 aromatic carbocycles. The molecule has 1 amide bonds. The maximum Gasteiger partial charge on any atom is 0.221 e. The fourth-order valence-electron chi connectivity index (χ4n) is 1.83. The second kappa shape index (κ2) is 5.61. The Morgan fingerprint density at radius 3 is 2.15 bits per heavy atom. The number of halogens is 2. The first kappa shape index (κ1) is 13.9. The van der Waals surface area contributed by atoms with Crippen molar-refractivity contribution >= 4 is 17.4 Å². The highest BCUT2D eigenvalue weighted by atomic mass is 19.1. The lowest BCUT2D eigenvalue weighted by Gasteiger charge is -2.10. The summed E-state index contributed by atoms with van der Waals surface area (Å²) in [5.41, 5.74) is -0.385. The van der Waals surface area contributed by atoms with E-state index in [-0.39, 0.29) is 17.2 Å². The summed E-state index contributed by atoms with van der Waals surface area (Å²) in [4.78, 5) is 23.3. The van der Waals surface area contributed by atoms with Crippen LogP contribution in [-0.2, 0) is 4.79 Å². The number of hydrogen-bond acceptors (Lipinski definition) is 2. The molecule has 2 aromatic rings. The summed E-state index contributed by atoms with van der Waals surface area (Å²) >= 11 is 0. The Kier molecular flexibility index (Phi) is 3.89. The Labute approximate surface area is 114 Å². The smallest absolute Gasteiger partial charge is 0.221 e. The van der Waals surface area contributed by atoms with E-state index >= 15 is 0 Å². The quantitative estimate of drug-likeness (QED) is 0.875. The highest BCUT2D eigenvalue weighted by molar-refractivity contribution is 6.14. The van der Waals surface area contributed by atoms with Crippen LogP contribution in [0.4, 0.5) is 14.5 Å². The van der Waals surface area contributed by atoms with Crippen molar-refractivity contribution in [2.75, 3.05) is 5.32 Å². The molecule has 0 aromatic heterocycles. The molecule has 20 heavy (non-hydrogen) atoms. The number of carbonyl (C=O) groups is 2. The maximum absolute atomic E-state index is 13.6. The van der Waals surface area contributed by atoms with Gasteiger partial charge in [-0.2, -0.15) is 0 Å². The summed E-state index contributed by atoms with van der Waals surface area (Å²) in [6, 6.07) is 9.26. The predicted octanol–water partition coefficient (Wildman–Crippen LogP) is 3.15. The molecular formula is C15H11F2NO2. The molecule has 1 N–H and O–H groups in total. The van der Waals surface area contributed by atoms with Crippen molar-refractivity contribution in [2.24, 2.45) is 0 Å².